The average molecular weight is 281 g/mol. The normalized spacial score (nSPS) is 16.6. The van der Waals surface area contributed by atoms with Crippen LogP contribution in [-0.2, 0) is 4.79 Å². The van der Waals surface area contributed by atoms with Crippen LogP contribution in [0.15, 0.2) is 0 Å². The molecule has 0 spiro atoms. The number of carbonyl (C=O) groups excluding carboxylic acids is 1. The molecule has 2 N–H and O–H groups in total. The summed E-state index contributed by atoms with van der Waals surface area (Å²) in [5.74, 6) is -6.30. The molecule has 0 bridgehead atoms. The summed E-state index contributed by atoms with van der Waals surface area (Å²) in [4.78, 5) is 10.9. The van der Waals surface area contributed by atoms with Crippen LogP contribution in [0.3, 0.4) is 0 Å². The number of rotatable bonds is 4. The van der Waals surface area contributed by atoms with E-state index in [1.807, 2.05) is 0 Å². The summed E-state index contributed by atoms with van der Waals surface area (Å²) in [7, 11) is 0. The number of hydrogen-bond donors (Lipinski definition) is 2. The van der Waals surface area contributed by atoms with Crippen LogP contribution in [0.4, 0.5) is 26.3 Å². The first-order valence-corrected chi connectivity index (χ1v) is 4.95. The topological polar surface area (TPSA) is 49.3 Å². The molecular formula is C9H13F6NO2. The molecule has 0 fully saturated rings. The van der Waals surface area contributed by atoms with Gasteiger partial charge >= 0.3 is 12.4 Å². The minimum atomic E-state index is -5.72. The first kappa shape index (κ1) is 17.0. The third-order valence-corrected chi connectivity index (χ3v) is 2.32. The van der Waals surface area contributed by atoms with E-state index in [1.165, 1.54) is 19.2 Å². The SMILES string of the molecule is CCC(C)(O)CNC(=O)C(C(F)(F)F)C(F)(F)F. The molecule has 0 aliphatic carbocycles. The fourth-order valence-electron chi connectivity index (χ4n) is 0.987. The van der Waals surface area contributed by atoms with Crippen LogP contribution in [0.1, 0.15) is 20.3 Å². The van der Waals surface area contributed by atoms with Crippen LogP contribution in [-0.4, -0.2) is 35.5 Å². The molecule has 18 heavy (non-hydrogen) atoms. The number of aliphatic hydroxyl groups is 1. The molecule has 0 aromatic carbocycles. The van der Waals surface area contributed by atoms with Crippen LogP contribution in [0.25, 0.3) is 0 Å². The Morgan fingerprint density at radius 3 is 1.83 bits per heavy atom. The summed E-state index contributed by atoms with van der Waals surface area (Å²) in [6.07, 6.45) is -11.4. The largest absolute Gasteiger partial charge is 0.409 e. The van der Waals surface area contributed by atoms with Crippen LogP contribution >= 0.6 is 0 Å². The minimum absolute atomic E-state index is 0.0655. The first-order valence-electron chi connectivity index (χ1n) is 4.95. The molecule has 0 radical (unpaired) electrons. The van der Waals surface area contributed by atoms with Gasteiger partial charge in [-0.2, -0.15) is 26.3 Å². The Labute approximate surface area is 99.2 Å². The van der Waals surface area contributed by atoms with Gasteiger partial charge < -0.3 is 10.4 Å². The van der Waals surface area contributed by atoms with E-state index >= 15 is 0 Å². The van der Waals surface area contributed by atoms with Crippen molar-refractivity contribution in [3.8, 4) is 0 Å². The summed E-state index contributed by atoms with van der Waals surface area (Å²) < 4.78 is 72.7. The van der Waals surface area contributed by atoms with Crippen molar-refractivity contribution in [3.05, 3.63) is 0 Å². The van der Waals surface area contributed by atoms with Gasteiger partial charge in [-0.1, -0.05) is 6.92 Å². The second-order valence-electron chi connectivity index (χ2n) is 4.08. The van der Waals surface area contributed by atoms with Crippen molar-refractivity contribution >= 4 is 5.91 Å². The van der Waals surface area contributed by atoms with Gasteiger partial charge in [-0.05, 0) is 13.3 Å². The van der Waals surface area contributed by atoms with Gasteiger partial charge in [0, 0.05) is 6.54 Å². The lowest BCUT2D eigenvalue weighted by Gasteiger charge is -2.25. The van der Waals surface area contributed by atoms with E-state index in [2.05, 4.69) is 0 Å². The predicted molar refractivity (Wildman–Crippen MR) is 49.5 cm³/mol. The van der Waals surface area contributed by atoms with Gasteiger partial charge in [-0.15, -0.1) is 0 Å². The fourth-order valence-corrected chi connectivity index (χ4v) is 0.987. The second-order valence-corrected chi connectivity index (χ2v) is 4.08. The van der Waals surface area contributed by atoms with Crippen molar-refractivity contribution in [2.24, 2.45) is 5.92 Å². The Hall–Kier alpha value is -0.990. The summed E-state index contributed by atoms with van der Waals surface area (Å²) in [6.45, 7) is 1.96. The van der Waals surface area contributed by atoms with E-state index in [-0.39, 0.29) is 6.42 Å². The van der Waals surface area contributed by atoms with Gasteiger partial charge in [0.1, 0.15) is 0 Å². The minimum Gasteiger partial charge on any atom is -0.388 e. The maximum atomic E-state index is 12.1. The Morgan fingerprint density at radius 2 is 1.56 bits per heavy atom. The standard InChI is InChI=1S/C9H13F6NO2/c1-3-7(2,18)4-16-6(17)5(8(10,11)12)9(13,14)15/h5,18H,3-4H2,1-2H3,(H,16,17). The number of nitrogens with one attached hydrogen (secondary N) is 1. The molecule has 1 atom stereocenters. The number of carbonyl (C=O) groups is 1. The van der Waals surface area contributed by atoms with E-state index in [1.54, 1.807) is 0 Å². The first-order chi connectivity index (χ1) is 7.81. The molecule has 9 heteroatoms. The zero-order valence-electron chi connectivity index (χ0n) is 9.61. The molecule has 1 unspecified atom stereocenters. The van der Waals surface area contributed by atoms with Gasteiger partial charge in [0.25, 0.3) is 0 Å². The summed E-state index contributed by atoms with van der Waals surface area (Å²) >= 11 is 0. The van der Waals surface area contributed by atoms with Crippen LogP contribution in [0.2, 0.25) is 0 Å². The van der Waals surface area contributed by atoms with Crippen molar-refractivity contribution in [2.45, 2.75) is 38.2 Å². The predicted octanol–water partition coefficient (Wildman–Crippen LogP) is 2.00. The number of amides is 1. The van der Waals surface area contributed by atoms with Crippen LogP contribution in [0.5, 0.6) is 0 Å². The summed E-state index contributed by atoms with van der Waals surface area (Å²) in [5.41, 5.74) is -1.56. The van der Waals surface area contributed by atoms with E-state index < -0.39 is 36.3 Å². The molecule has 0 aliphatic rings. The molecule has 0 saturated carbocycles. The third-order valence-electron chi connectivity index (χ3n) is 2.32. The number of hydrogen-bond acceptors (Lipinski definition) is 2. The van der Waals surface area contributed by atoms with Crippen LogP contribution < -0.4 is 5.32 Å². The number of halogens is 6. The Kier molecular flexibility index (Phi) is 5.04. The summed E-state index contributed by atoms with van der Waals surface area (Å²) in [5, 5.41) is 10.8. The van der Waals surface area contributed by atoms with Gasteiger partial charge in [0.2, 0.25) is 11.8 Å². The average Bonchev–Trinajstić information content (AvgIpc) is 2.10. The van der Waals surface area contributed by atoms with Gasteiger partial charge in [0.05, 0.1) is 5.60 Å². The fraction of sp³-hybridized carbons (Fsp3) is 0.889. The lowest BCUT2D eigenvalue weighted by molar-refractivity contribution is -0.274. The van der Waals surface area contributed by atoms with Crippen molar-refractivity contribution in [3.63, 3.8) is 0 Å². The Bertz CT molecular complexity index is 282. The van der Waals surface area contributed by atoms with Crippen molar-refractivity contribution in [1.29, 1.82) is 0 Å². The highest BCUT2D eigenvalue weighted by molar-refractivity contribution is 5.80. The molecule has 1 amide bonds. The molecule has 0 heterocycles. The quantitative estimate of drug-likeness (QED) is 0.774. The molecule has 0 aliphatic heterocycles. The molecule has 3 nitrogen and oxygen atoms in total. The maximum Gasteiger partial charge on any atom is 0.409 e. The van der Waals surface area contributed by atoms with Gasteiger partial charge in [-0.25, -0.2) is 0 Å². The van der Waals surface area contributed by atoms with Gasteiger partial charge in [-0.3, -0.25) is 4.79 Å². The van der Waals surface area contributed by atoms with Gasteiger partial charge in [0.15, 0.2) is 0 Å². The van der Waals surface area contributed by atoms with E-state index in [0.29, 0.717) is 0 Å². The molecule has 0 rings (SSSR count). The number of alkyl halides is 6. The Balaban J connectivity index is 4.82. The lowest BCUT2D eigenvalue weighted by atomic mass is 10.0. The van der Waals surface area contributed by atoms with Crippen molar-refractivity contribution in [2.75, 3.05) is 6.54 Å². The lowest BCUT2D eigenvalue weighted by Crippen LogP contribution is -2.51. The highest BCUT2D eigenvalue weighted by Crippen LogP contribution is 2.39. The molecule has 108 valence electrons. The monoisotopic (exact) mass is 281 g/mol. The van der Waals surface area contributed by atoms with E-state index in [0.717, 1.165) is 0 Å². The third kappa shape index (κ3) is 5.11. The van der Waals surface area contributed by atoms with E-state index in [9.17, 15) is 36.2 Å². The molecule has 0 saturated heterocycles. The highest BCUT2D eigenvalue weighted by atomic mass is 19.4. The smallest absolute Gasteiger partial charge is 0.388 e. The molecular weight excluding hydrogens is 268 g/mol. The second kappa shape index (κ2) is 5.33. The highest BCUT2D eigenvalue weighted by Gasteiger charge is 2.61. The molecule has 0 aromatic rings. The van der Waals surface area contributed by atoms with Crippen molar-refractivity contribution < 1.29 is 36.2 Å². The Morgan fingerprint density at radius 1 is 1.17 bits per heavy atom. The van der Waals surface area contributed by atoms with Crippen LogP contribution in [0, 0.1) is 5.92 Å². The zero-order valence-corrected chi connectivity index (χ0v) is 9.61. The summed E-state index contributed by atoms with van der Waals surface area (Å²) in [6, 6.07) is 0. The molecule has 0 aromatic heterocycles. The maximum absolute atomic E-state index is 12.1. The van der Waals surface area contributed by atoms with E-state index in [4.69, 9.17) is 0 Å². The zero-order chi connectivity index (χ0) is 14.8. The van der Waals surface area contributed by atoms with Crippen molar-refractivity contribution in [1.82, 2.24) is 5.32 Å².